The van der Waals surface area contributed by atoms with Gasteiger partial charge in [-0.3, -0.25) is 13.9 Å². The Kier molecular flexibility index (Phi) is 11.7. The van der Waals surface area contributed by atoms with Crippen molar-refractivity contribution in [1.29, 1.82) is 0 Å². The standard InChI is InChI=1S/C26H33F2N4O11P/c1-15(2)41-22(34)16(3)31-44(37,14-38-5)43-18-8-6-17(7-9-18)12-39-25(36)40-13-19-21(33)26(27,28)23(42-19)32-11-10-20(29-4)30-24(32)35/h6-11,15-16,19,21,23,33H,4,12-14H2,1-3,5H3,(H,31,37)/t16-,19?,21?,23-,44?/m1/s1. The van der Waals surface area contributed by atoms with Crippen LogP contribution in [-0.4, -0.2) is 83.8 Å². The van der Waals surface area contributed by atoms with Crippen LogP contribution >= 0.6 is 7.52 Å². The number of aromatic nitrogens is 2. The molecular formula is C26H33F2N4O11P. The van der Waals surface area contributed by atoms with Crippen molar-refractivity contribution >= 4 is 32.2 Å². The van der Waals surface area contributed by atoms with Crippen LogP contribution in [0, 0.1) is 0 Å². The third kappa shape index (κ3) is 8.89. The van der Waals surface area contributed by atoms with Gasteiger partial charge in [0.05, 0.1) is 6.10 Å². The van der Waals surface area contributed by atoms with Gasteiger partial charge in [-0.1, -0.05) is 12.1 Å². The SMILES string of the molecule is C=Nc1ccn([C@@H]2OC(COC(=O)OCc3ccc(OP(=O)(COC)N[C@H](C)C(=O)OC(C)C)cc3)C(O)C2(F)F)c(=O)n1. The summed E-state index contributed by atoms with van der Waals surface area (Å²) in [6.07, 6.45) is -7.30. The fourth-order valence-electron chi connectivity index (χ4n) is 3.87. The zero-order valence-electron chi connectivity index (χ0n) is 24.3. The van der Waals surface area contributed by atoms with Crippen LogP contribution in [0.3, 0.4) is 0 Å². The third-order valence-corrected chi connectivity index (χ3v) is 7.79. The van der Waals surface area contributed by atoms with Crippen molar-refractivity contribution in [1.82, 2.24) is 14.6 Å². The Labute approximate surface area is 250 Å². The number of carbonyl (C=O) groups excluding carboxylic acids is 2. The maximum absolute atomic E-state index is 14.7. The molecule has 0 bridgehead atoms. The number of rotatable bonds is 14. The minimum atomic E-state index is -3.92. The molecular weight excluding hydrogens is 613 g/mol. The van der Waals surface area contributed by atoms with Crippen LogP contribution in [0.25, 0.3) is 0 Å². The lowest BCUT2D eigenvalue weighted by molar-refractivity contribution is -0.149. The molecule has 0 spiro atoms. The topological polar surface area (TPSA) is 186 Å². The molecule has 1 aromatic carbocycles. The Morgan fingerprint density at radius 3 is 2.50 bits per heavy atom. The fourth-order valence-corrected chi connectivity index (χ4v) is 5.55. The van der Waals surface area contributed by atoms with Crippen molar-refractivity contribution in [3.8, 4) is 5.75 Å². The number of ether oxygens (including phenoxy) is 5. The molecule has 3 rings (SSSR count). The van der Waals surface area contributed by atoms with Gasteiger partial charge >= 0.3 is 31.3 Å². The van der Waals surface area contributed by atoms with E-state index in [1.807, 2.05) is 0 Å². The van der Waals surface area contributed by atoms with Crippen LogP contribution in [0.5, 0.6) is 5.75 Å². The smallest absolute Gasteiger partial charge is 0.462 e. The molecule has 0 amide bonds. The van der Waals surface area contributed by atoms with Crippen molar-refractivity contribution < 1.29 is 56.2 Å². The molecule has 3 unspecified atom stereocenters. The molecule has 0 aliphatic carbocycles. The highest BCUT2D eigenvalue weighted by molar-refractivity contribution is 7.57. The lowest BCUT2D eigenvalue weighted by Gasteiger charge is -2.23. The maximum atomic E-state index is 14.7. The van der Waals surface area contributed by atoms with Crippen LogP contribution in [0.4, 0.5) is 19.4 Å². The van der Waals surface area contributed by atoms with Crippen LogP contribution in [0.2, 0.25) is 0 Å². The van der Waals surface area contributed by atoms with E-state index in [9.17, 15) is 32.8 Å². The monoisotopic (exact) mass is 646 g/mol. The van der Waals surface area contributed by atoms with Crippen LogP contribution in [0.1, 0.15) is 32.6 Å². The number of benzene rings is 1. The minimum absolute atomic E-state index is 0.0867. The summed E-state index contributed by atoms with van der Waals surface area (Å²) < 4.78 is 73.7. The van der Waals surface area contributed by atoms with E-state index in [1.54, 1.807) is 13.8 Å². The van der Waals surface area contributed by atoms with Crippen molar-refractivity contribution in [2.45, 2.75) is 63.9 Å². The molecule has 1 aromatic heterocycles. The molecule has 18 heteroatoms. The summed E-state index contributed by atoms with van der Waals surface area (Å²) in [5.74, 6) is -4.47. The van der Waals surface area contributed by atoms with E-state index in [1.165, 1.54) is 38.3 Å². The second-order valence-corrected chi connectivity index (χ2v) is 11.8. The zero-order chi connectivity index (χ0) is 32.7. The summed E-state index contributed by atoms with van der Waals surface area (Å²) in [5, 5.41) is 12.7. The first kappa shape index (κ1) is 34.7. The van der Waals surface area contributed by atoms with E-state index in [0.717, 1.165) is 12.3 Å². The van der Waals surface area contributed by atoms with E-state index in [4.69, 9.17) is 28.2 Å². The van der Waals surface area contributed by atoms with E-state index < -0.39 is 62.3 Å². The third-order valence-electron chi connectivity index (χ3n) is 5.90. The molecule has 2 aromatic rings. The van der Waals surface area contributed by atoms with Crippen molar-refractivity contribution in [2.24, 2.45) is 4.99 Å². The first-order valence-corrected chi connectivity index (χ1v) is 14.9. The van der Waals surface area contributed by atoms with Gasteiger partial charge in [0.1, 0.15) is 37.5 Å². The Hall–Kier alpha value is -3.76. The van der Waals surface area contributed by atoms with Gasteiger partial charge in [-0.2, -0.15) is 13.8 Å². The molecule has 44 heavy (non-hydrogen) atoms. The summed E-state index contributed by atoms with van der Waals surface area (Å²) >= 11 is 0. The van der Waals surface area contributed by atoms with Gasteiger partial charge < -0.3 is 33.3 Å². The molecule has 15 nitrogen and oxygen atoms in total. The first-order valence-electron chi connectivity index (χ1n) is 13.1. The highest BCUT2D eigenvalue weighted by Gasteiger charge is 2.60. The van der Waals surface area contributed by atoms with Crippen LogP contribution in [0.15, 0.2) is 46.3 Å². The number of esters is 1. The summed E-state index contributed by atoms with van der Waals surface area (Å²) in [5.41, 5.74) is -0.659. The lowest BCUT2D eigenvalue weighted by atomic mass is 10.1. The quantitative estimate of drug-likeness (QED) is 0.174. The van der Waals surface area contributed by atoms with Gasteiger partial charge in [0.15, 0.2) is 11.9 Å². The molecule has 242 valence electrons. The second kappa shape index (κ2) is 14.8. The van der Waals surface area contributed by atoms with Gasteiger partial charge in [0, 0.05) is 13.3 Å². The molecule has 0 radical (unpaired) electrons. The van der Waals surface area contributed by atoms with Gasteiger partial charge in [-0.05, 0) is 51.3 Å². The van der Waals surface area contributed by atoms with Gasteiger partial charge in [-0.25, -0.2) is 19.7 Å². The zero-order valence-corrected chi connectivity index (χ0v) is 25.1. The number of alkyl halides is 2. The summed E-state index contributed by atoms with van der Waals surface area (Å²) in [6, 6.07) is 6.05. The largest absolute Gasteiger partial charge is 0.508 e. The lowest BCUT2D eigenvalue weighted by Crippen LogP contribution is -2.42. The number of carbonyl (C=O) groups is 2. The predicted octanol–water partition coefficient (Wildman–Crippen LogP) is 2.93. The van der Waals surface area contributed by atoms with E-state index in [-0.39, 0.29) is 30.6 Å². The van der Waals surface area contributed by atoms with Crippen molar-refractivity contribution in [2.75, 3.05) is 20.1 Å². The molecule has 0 saturated carbocycles. The predicted molar refractivity (Wildman–Crippen MR) is 149 cm³/mol. The Balaban J connectivity index is 1.52. The number of aliphatic imine (C=N–C) groups is 1. The van der Waals surface area contributed by atoms with Gasteiger partial charge in [0.25, 0.3) is 0 Å². The first-order chi connectivity index (χ1) is 20.7. The molecule has 1 saturated heterocycles. The number of hydrogen-bond donors (Lipinski definition) is 2. The number of methoxy groups -OCH3 is 1. The average molecular weight is 647 g/mol. The van der Waals surface area contributed by atoms with E-state index in [0.29, 0.717) is 10.1 Å². The number of nitrogens with zero attached hydrogens (tertiary/aromatic N) is 3. The Bertz CT molecular complexity index is 1420. The normalized spacial score (nSPS) is 21.2. The minimum Gasteiger partial charge on any atom is -0.462 e. The molecule has 1 fully saturated rings. The molecule has 1 aliphatic heterocycles. The summed E-state index contributed by atoms with van der Waals surface area (Å²) in [4.78, 5) is 43.2. The number of nitrogens with one attached hydrogen (secondary N) is 1. The Morgan fingerprint density at radius 2 is 1.91 bits per heavy atom. The maximum Gasteiger partial charge on any atom is 0.508 e. The average Bonchev–Trinajstić information content (AvgIpc) is 3.18. The number of aliphatic hydroxyl groups excluding tert-OH is 1. The van der Waals surface area contributed by atoms with Crippen LogP contribution < -0.4 is 15.3 Å². The second-order valence-electron chi connectivity index (χ2n) is 9.79. The van der Waals surface area contributed by atoms with E-state index >= 15 is 0 Å². The van der Waals surface area contributed by atoms with Gasteiger partial charge in [-0.15, -0.1) is 0 Å². The highest BCUT2D eigenvalue weighted by atomic mass is 31.2. The number of hydrogen-bond acceptors (Lipinski definition) is 13. The number of aliphatic hydroxyl groups is 1. The highest BCUT2D eigenvalue weighted by Crippen LogP contribution is 2.44. The van der Waals surface area contributed by atoms with Crippen LogP contribution in [-0.2, 0) is 39.7 Å². The van der Waals surface area contributed by atoms with Gasteiger partial charge in [0.2, 0.25) is 6.23 Å². The molecule has 1 aliphatic rings. The molecule has 5 atom stereocenters. The van der Waals surface area contributed by atoms with Crippen molar-refractivity contribution in [3.63, 3.8) is 0 Å². The molecule has 2 heterocycles. The van der Waals surface area contributed by atoms with Crippen molar-refractivity contribution in [3.05, 3.63) is 52.6 Å². The summed E-state index contributed by atoms with van der Waals surface area (Å²) in [7, 11) is -2.38. The Morgan fingerprint density at radius 1 is 1.23 bits per heavy atom. The molecule has 2 N–H and O–H groups in total. The summed E-state index contributed by atoms with van der Waals surface area (Å²) in [6.45, 7) is 6.91. The fraction of sp³-hybridized carbons (Fsp3) is 0.500. The number of halogens is 2. The van der Waals surface area contributed by atoms with E-state index in [2.05, 4.69) is 21.8 Å².